The summed E-state index contributed by atoms with van der Waals surface area (Å²) in [6.07, 6.45) is 0.153. The highest BCUT2D eigenvalue weighted by molar-refractivity contribution is 6.42. The molecule has 0 fully saturated rings. The molecule has 0 aliphatic carbocycles. The highest BCUT2D eigenvalue weighted by Gasteiger charge is 2.11. The Balaban J connectivity index is 2.12. The first kappa shape index (κ1) is 16.5. The van der Waals surface area contributed by atoms with Crippen LogP contribution in [0.5, 0.6) is 11.5 Å². The third-order valence-electron chi connectivity index (χ3n) is 3.04. The maximum atomic E-state index is 12.2. The minimum atomic E-state index is -0.190. The van der Waals surface area contributed by atoms with E-state index in [0.717, 1.165) is 5.56 Å². The molecule has 0 aromatic heterocycles. The van der Waals surface area contributed by atoms with E-state index in [0.29, 0.717) is 27.2 Å². The molecule has 0 saturated heterocycles. The second kappa shape index (κ2) is 7.38. The number of halogens is 2. The molecular formula is C16H15Cl2NO3. The van der Waals surface area contributed by atoms with E-state index < -0.39 is 0 Å². The number of rotatable bonds is 5. The average molecular weight is 340 g/mol. The Labute approximate surface area is 138 Å². The van der Waals surface area contributed by atoms with E-state index in [-0.39, 0.29) is 12.3 Å². The molecule has 1 N–H and O–H groups in total. The number of benzene rings is 2. The van der Waals surface area contributed by atoms with E-state index in [2.05, 4.69) is 5.32 Å². The lowest BCUT2D eigenvalue weighted by molar-refractivity contribution is -0.115. The molecular weight excluding hydrogens is 325 g/mol. The molecule has 2 aromatic carbocycles. The van der Waals surface area contributed by atoms with Gasteiger partial charge in [-0.05, 0) is 36.4 Å². The Morgan fingerprint density at radius 3 is 2.45 bits per heavy atom. The first-order valence-electron chi connectivity index (χ1n) is 6.49. The fourth-order valence-electron chi connectivity index (χ4n) is 1.97. The fourth-order valence-corrected chi connectivity index (χ4v) is 2.27. The maximum absolute atomic E-state index is 12.2. The summed E-state index contributed by atoms with van der Waals surface area (Å²) in [6.45, 7) is 0. The van der Waals surface area contributed by atoms with Crippen molar-refractivity contribution in [2.24, 2.45) is 0 Å². The Bertz CT molecular complexity index is 689. The molecule has 22 heavy (non-hydrogen) atoms. The average Bonchev–Trinajstić information content (AvgIpc) is 2.50. The van der Waals surface area contributed by atoms with Crippen LogP contribution >= 0.6 is 23.2 Å². The lowest BCUT2D eigenvalue weighted by atomic mass is 10.1. The molecule has 0 heterocycles. The van der Waals surface area contributed by atoms with Gasteiger partial charge in [-0.15, -0.1) is 0 Å². The molecule has 2 aromatic rings. The SMILES string of the molecule is COc1ccc(OC)c(CC(=O)Nc2ccc(Cl)c(Cl)c2)c1. The monoisotopic (exact) mass is 339 g/mol. The number of carbonyl (C=O) groups is 1. The number of nitrogens with one attached hydrogen (secondary N) is 1. The number of hydrogen-bond donors (Lipinski definition) is 1. The van der Waals surface area contributed by atoms with Gasteiger partial charge in [-0.1, -0.05) is 23.2 Å². The van der Waals surface area contributed by atoms with Gasteiger partial charge in [0.1, 0.15) is 11.5 Å². The molecule has 6 heteroatoms. The normalized spacial score (nSPS) is 10.2. The third kappa shape index (κ3) is 4.06. The van der Waals surface area contributed by atoms with Gasteiger partial charge < -0.3 is 14.8 Å². The second-order valence-electron chi connectivity index (χ2n) is 4.53. The third-order valence-corrected chi connectivity index (χ3v) is 3.78. The van der Waals surface area contributed by atoms with Gasteiger partial charge in [0, 0.05) is 11.3 Å². The molecule has 0 radical (unpaired) electrons. The molecule has 1 amide bonds. The Kier molecular flexibility index (Phi) is 5.52. The first-order valence-corrected chi connectivity index (χ1v) is 7.25. The summed E-state index contributed by atoms with van der Waals surface area (Å²) in [5, 5.41) is 3.60. The number of amides is 1. The van der Waals surface area contributed by atoms with Gasteiger partial charge in [0.15, 0.2) is 0 Å². The standard InChI is InChI=1S/C16H15Cl2NO3/c1-21-12-4-6-15(22-2)10(7-12)8-16(20)19-11-3-5-13(17)14(18)9-11/h3-7,9H,8H2,1-2H3,(H,19,20). The molecule has 0 aliphatic heterocycles. The summed E-state index contributed by atoms with van der Waals surface area (Å²) >= 11 is 11.8. The largest absolute Gasteiger partial charge is 0.497 e. The lowest BCUT2D eigenvalue weighted by Crippen LogP contribution is -2.15. The maximum Gasteiger partial charge on any atom is 0.228 e. The van der Waals surface area contributed by atoms with Crippen molar-refractivity contribution in [3.63, 3.8) is 0 Å². The van der Waals surface area contributed by atoms with Crippen molar-refractivity contribution >= 4 is 34.8 Å². The van der Waals surface area contributed by atoms with Crippen LogP contribution in [0.3, 0.4) is 0 Å². The van der Waals surface area contributed by atoms with Crippen LogP contribution in [-0.2, 0) is 11.2 Å². The predicted octanol–water partition coefficient (Wildman–Crippen LogP) is 4.19. The van der Waals surface area contributed by atoms with Crippen LogP contribution in [0, 0.1) is 0 Å². The summed E-state index contributed by atoms with van der Waals surface area (Å²) in [7, 11) is 3.13. The van der Waals surface area contributed by atoms with Gasteiger partial charge in [-0.3, -0.25) is 4.79 Å². The molecule has 0 aliphatic rings. The highest BCUT2D eigenvalue weighted by Crippen LogP contribution is 2.26. The van der Waals surface area contributed by atoms with E-state index in [4.69, 9.17) is 32.7 Å². The lowest BCUT2D eigenvalue weighted by Gasteiger charge is -2.11. The zero-order valence-electron chi connectivity index (χ0n) is 12.2. The van der Waals surface area contributed by atoms with Crippen molar-refractivity contribution in [1.29, 1.82) is 0 Å². The Morgan fingerprint density at radius 1 is 1.05 bits per heavy atom. The minimum Gasteiger partial charge on any atom is -0.497 e. The number of methoxy groups -OCH3 is 2. The van der Waals surface area contributed by atoms with Gasteiger partial charge in [0.2, 0.25) is 5.91 Å². The van der Waals surface area contributed by atoms with Gasteiger partial charge in [-0.25, -0.2) is 0 Å². The van der Waals surface area contributed by atoms with Crippen LogP contribution < -0.4 is 14.8 Å². The highest BCUT2D eigenvalue weighted by atomic mass is 35.5. The molecule has 116 valence electrons. The fraction of sp³-hybridized carbons (Fsp3) is 0.188. The molecule has 4 nitrogen and oxygen atoms in total. The zero-order chi connectivity index (χ0) is 16.1. The summed E-state index contributed by atoms with van der Waals surface area (Å²) in [5.74, 6) is 1.10. The summed E-state index contributed by atoms with van der Waals surface area (Å²) in [4.78, 5) is 12.2. The topological polar surface area (TPSA) is 47.6 Å². The number of anilines is 1. The van der Waals surface area contributed by atoms with Crippen LogP contribution in [-0.4, -0.2) is 20.1 Å². The van der Waals surface area contributed by atoms with Crippen molar-refractivity contribution in [3.8, 4) is 11.5 Å². The van der Waals surface area contributed by atoms with Crippen molar-refractivity contribution in [1.82, 2.24) is 0 Å². The van der Waals surface area contributed by atoms with Crippen molar-refractivity contribution in [2.45, 2.75) is 6.42 Å². The molecule has 0 bridgehead atoms. The van der Waals surface area contributed by atoms with E-state index in [1.165, 1.54) is 0 Å². The van der Waals surface area contributed by atoms with Crippen LogP contribution in [0.1, 0.15) is 5.56 Å². The second-order valence-corrected chi connectivity index (χ2v) is 5.35. The van der Waals surface area contributed by atoms with Gasteiger partial charge in [0.25, 0.3) is 0 Å². The van der Waals surface area contributed by atoms with Crippen LogP contribution in [0.25, 0.3) is 0 Å². The van der Waals surface area contributed by atoms with E-state index in [9.17, 15) is 4.79 Å². The number of ether oxygens (including phenoxy) is 2. The molecule has 0 unspecified atom stereocenters. The molecule has 0 saturated carbocycles. The van der Waals surface area contributed by atoms with Gasteiger partial charge >= 0.3 is 0 Å². The smallest absolute Gasteiger partial charge is 0.228 e. The summed E-state index contributed by atoms with van der Waals surface area (Å²) in [6, 6.07) is 10.2. The molecule has 2 rings (SSSR count). The first-order chi connectivity index (χ1) is 10.5. The van der Waals surface area contributed by atoms with Crippen LogP contribution in [0.2, 0.25) is 10.0 Å². The zero-order valence-corrected chi connectivity index (χ0v) is 13.7. The van der Waals surface area contributed by atoms with Crippen LogP contribution in [0.15, 0.2) is 36.4 Å². The van der Waals surface area contributed by atoms with Crippen molar-refractivity contribution in [3.05, 3.63) is 52.0 Å². The van der Waals surface area contributed by atoms with Gasteiger partial charge in [-0.2, -0.15) is 0 Å². The Hall–Kier alpha value is -1.91. The predicted molar refractivity (Wildman–Crippen MR) is 88.3 cm³/mol. The van der Waals surface area contributed by atoms with Crippen molar-refractivity contribution in [2.75, 3.05) is 19.5 Å². The molecule has 0 atom stereocenters. The van der Waals surface area contributed by atoms with E-state index in [1.54, 1.807) is 50.6 Å². The summed E-state index contributed by atoms with van der Waals surface area (Å²) < 4.78 is 10.4. The van der Waals surface area contributed by atoms with Gasteiger partial charge in [0.05, 0.1) is 30.7 Å². The molecule has 0 spiro atoms. The Morgan fingerprint density at radius 2 is 1.82 bits per heavy atom. The minimum absolute atomic E-state index is 0.153. The number of carbonyl (C=O) groups excluding carboxylic acids is 1. The van der Waals surface area contributed by atoms with Crippen molar-refractivity contribution < 1.29 is 14.3 Å². The van der Waals surface area contributed by atoms with E-state index in [1.807, 2.05) is 0 Å². The number of hydrogen-bond acceptors (Lipinski definition) is 3. The quantitative estimate of drug-likeness (QED) is 0.888. The van der Waals surface area contributed by atoms with Crippen LogP contribution in [0.4, 0.5) is 5.69 Å². The summed E-state index contributed by atoms with van der Waals surface area (Å²) in [5.41, 5.74) is 1.32. The van der Waals surface area contributed by atoms with E-state index >= 15 is 0 Å².